The van der Waals surface area contributed by atoms with E-state index in [4.69, 9.17) is 14.2 Å². The number of nitrogens with one attached hydrogen (secondary N) is 4. The van der Waals surface area contributed by atoms with E-state index in [1.807, 2.05) is 27.7 Å². The molecular formula is C36H46N6O6. The zero-order chi connectivity index (χ0) is 34.6. The first-order valence-corrected chi connectivity index (χ1v) is 16.2. The smallest absolute Gasteiger partial charge is 0.303 e. The number of carbonyl (C=O) groups excluding carboxylic acids is 2. The molecule has 2 amide bonds. The lowest BCUT2D eigenvalue weighted by Crippen LogP contribution is -2.43. The molecule has 1 aliphatic rings. The van der Waals surface area contributed by atoms with Crippen molar-refractivity contribution in [3.63, 3.8) is 0 Å². The monoisotopic (exact) mass is 658 g/mol. The van der Waals surface area contributed by atoms with Gasteiger partial charge in [-0.25, -0.2) is 0 Å². The lowest BCUT2D eigenvalue weighted by molar-refractivity contribution is 0.0941. The zero-order valence-electron chi connectivity index (χ0n) is 28.3. The summed E-state index contributed by atoms with van der Waals surface area (Å²) in [4.78, 5) is 33.8. The molecule has 0 aliphatic carbocycles. The van der Waals surface area contributed by atoms with Gasteiger partial charge < -0.3 is 30.0 Å². The van der Waals surface area contributed by atoms with Crippen LogP contribution in [0.25, 0.3) is 0 Å². The molecule has 0 saturated carbocycles. The summed E-state index contributed by atoms with van der Waals surface area (Å²) in [7, 11) is 0. The number of rotatable bonds is 14. The summed E-state index contributed by atoms with van der Waals surface area (Å²) in [5.74, 6) is 2.03. The molecule has 3 aromatic carbocycles. The number of aliphatic imine (C=N–C) groups is 2. The van der Waals surface area contributed by atoms with Crippen LogP contribution in [0, 0.1) is 17.8 Å². The molecular weight excluding hydrogens is 612 g/mol. The van der Waals surface area contributed by atoms with Gasteiger partial charge in [0, 0.05) is 30.8 Å². The van der Waals surface area contributed by atoms with Gasteiger partial charge in [0.2, 0.25) is 0 Å². The first-order valence-electron chi connectivity index (χ1n) is 16.2. The fourth-order valence-corrected chi connectivity index (χ4v) is 4.23. The molecule has 12 nitrogen and oxygen atoms in total. The molecule has 0 radical (unpaired) electrons. The number of amides is 2. The Hall–Kier alpha value is -4.94. The van der Waals surface area contributed by atoms with E-state index < -0.39 is 12.6 Å². The molecule has 256 valence electrons. The summed E-state index contributed by atoms with van der Waals surface area (Å²) in [6.07, 6.45) is -1.89. The molecule has 0 aromatic heterocycles. The van der Waals surface area contributed by atoms with Gasteiger partial charge in [0.25, 0.3) is 18.2 Å². The Bertz CT molecular complexity index is 1550. The minimum absolute atomic E-state index is 0.0524. The number of carbonyl (C=O) groups is 2. The number of amidine groups is 2. The van der Waals surface area contributed by atoms with Crippen LogP contribution in [0.2, 0.25) is 0 Å². The van der Waals surface area contributed by atoms with Gasteiger partial charge in [0.1, 0.15) is 23.5 Å². The van der Waals surface area contributed by atoms with Gasteiger partial charge in [-0.05, 0) is 84.0 Å². The Morgan fingerprint density at radius 3 is 1.52 bits per heavy atom. The predicted molar refractivity (Wildman–Crippen MR) is 185 cm³/mol. The third-order valence-corrected chi connectivity index (χ3v) is 6.83. The maximum absolute atomic E-state index is 12.4. The van der Waals surface area contributed by atoms with Crippen molar-refractivity contribution in [2.24, 2.45) is 27.7 Å². The Kier molecular flexibility index (Phi) is 12.9. The fraction of sp³-hybridized carbons (Fsp3) is 0.389. The van der Waals surface area contributed by atoms with Crippen molar-refractivity contribution in [2.75, 3.05) is 19.6 Å². The molecule has 1 heterocycles. The van der Waals surface area contributed by atoms with Crippen molar-refractivity contribution in [3.05, 3.63) is 89.5 Å². The second-order valence-corrected chi connectivity index (χ2v) is 12.7. The van der Waals surface area contributed by atoms with E-state index in [1.165, 1.54) is 0 Å². The highest BCUT2D eigenvalue weighted by molar-refractivity contribution is 5.97. The Morgan fingerprint density at radius 1 is 0.667 bits per heavy atom. The van der Waals surface area contributed by atoms with Gasteiger partial charge in [-0.1, -0.05) is 53.7 Å². The fourth-order valence-electron chi connectivity index (χ4n) is 4.23. The molecule has 0 bridgehead atoms. The molecule has 0 spiro atoms. The van der Waals surface area contributed by atoms with E-state index in [0.717, 1.165) is 0 Å². The topological polar surface area (TPSA) is 155 Å². The minimum atomic E-state index is -1.08. The third kappa shape index (κ3) is 11.4. The van der Waals surface area contributed by atoms with E-state index in [0.29, 0.717) is 71.3 Å². The van der Waals surface area contributed by atoms with Crippen LogP contribution in [0.1, 0.15) is 74.0 Å². The Labute approximate surface area is 282 Å². The average Bonchev–Trinajstić information content (AvgIpc) is 3.06. The lowest BCUT2D eigenvalue weighted by Gasteiger charge is -2.21. The lowest BCUT2D eigenvalue weighted by atomic mass is 10.1. The molecule has 1 aliphatic heterocycles. The standard InChI is InChI=1S/C36H46N6O6/c1-22(2)19-37-31(43)25-7-13-28(14-8-25)46-34-40-35(47-29-15-9-26(10-16-29)32(44)38-20-23(3)4)42-36(41-34)48-30-17-11-27(12-18-30)33(45)39-21-24(5)6/h7-18,22-24,31,35,37,43H,19-21H2,1-6H3,(H,38,44)(H,39,45)(H,40,41,42). The first-order chi connectivity index (χ1) is 22.9. The molecule has 48 heavy (non-hydrogen) atoms. The molecule has 0 saturated heterocycles. The number of benzene rings is 3. The van der Waals surface area contributed by atoms with Crippen LogP contribution in [0.5, 0.6) is 17.2 Å². The number of aliphatic hydroxyl groups excluding tert-OH is 1. The van der Waals surface area contributed by atoms with Crippen molar-refractivity contribution >= 4 is 23.9 Å². The quantitative estimate of drug-likeness (QED) is 0.154. The highest BCUT2D eigenvalue weighted by Gasteiger charge is 2.22. The summed E-state index contributed by atoms with van der Waals surface area (Å²) in [6.45, 7) is 14.1. The second-order valence-electron chi connectivity index (χ2n) is 12.7. The second kappa shape index (κ2) is 17.3. The predicted octanol–water partition coefficient (Wildman–Crippen LogP) is 4.83. The van der Waals surface area contributed by atoms with Gasteiger partial charge in [0.15, 0.2) is 0 Å². The Morgan fingerprint density at radius 2 is 1.08 bits per heavy atom. The maximum Gasteiger partial charge on any atom is 0.303 e. The van der Waals surface area contributed by atoms with Gasteiger partial charge in [-0.2, -0.15) is 9.98 Å². The van der Waals surface area contributed by atoms with Crippen LogP contribution in [-0.4, -0.2) is 55.0 Å². The summed E-state index contributed by atoms with van der Waals surface area (Å²) in [6, 6.07) is 20.4. The van der Waals surface area contributed by atoms with E-state index in [2.05, 4.69) is 45.1 Å². The molecule has 12 heteroatoms. The highest BCUT2D eigenvalue weighted by atomic mass is 16.6. The van der Waals surface area contributed by atoms with Crippen molar-refractivity contribution < 1.29 is 28.9 Å². The van der Waals surface area contributed by atoms with Gasteiger partial charge in [-0.3, -0.25) is 20.2 Å². The molecule has 5 N–H and O–H groups in total. The van der Waals surface area contributed by atoms with Crippen molar-refractivity contribution in [1.29, 1.82) is 0 Å². The first kappa shape index (κ1) is 35.9. The molecule has 3 aromatic rings. The van der Waals surface area contributed by atoms with E-state index >= 15 is 0 Å². The van der Waals surface area contributed by atoms with E-state index in [-0.39, 0.29) is 23.9 Å². The molecule has 2 atom stereocenters. The molecule has 2 unspecified atom stereocenters. The summed E-state index contributed by atoms with van der Waals surface area (Å²) < 4.78 is 18.0. The van der Waals surface area contributed by atoms with Crippen LogP contribution in [0.15, 0.2) is 82.8 Å². The summed E-state index contributed by atoms with van der Waals surface area (Å²) in [5, 5.41) is 22.2. The number of ether oxygens (including phenoxy) is 3. The summed E-state index contributed by atoms with van der Waals surface area (Å²) in [5.41, 5.74) is 1.70. The zero-order valence-corrected chi connectivity index (χ0v) is 28.3. The van der Waals surface area contributed by atoms with Gasteiger partial charge >= 0.3 is 12.0 Å². The number of hydrogen-bond acceptors (Lipinski definition) is 10. The summed E-state index contributed by atoms with van der Waals surface area (Å²) >= 11 is 0. The molecule has 0 fully saturated rings. The average molecular weight is 659 g/mol. The van der Waals surface area contributed by atoms with Crippen LogP contribution >= 0.6 is 0 Å². The van der Waals surface area contributed by atoms with Crippen molar-refractivity contribution in [1.82, 2.24) is 21.3 Å². The SMILES string of the molecule is CC(C)CNC(=O)c1ccc(OC2=NC(Oc3ccc(C(=O)NCC(C)C)cc3)N=C(Oc3ccc(C(O)NCC(C)C)cc3)N2)cc1. The van der Waals surface area contributed by atoms with Crippen LogP contribution < -0.4 is 35.5 Å². The van der Waals surface area contributed by atoms with Gasteiger partial charge in [-0.15, -0.1) is 0 Å². The van der Waals surface area contributed by atoms with Crippen molar-refractivity contribution in [3.8, 4) is 17.2 Å². The number of nitrogens with zero attached hydrogens (tertiary/aromatic N) is 2. The maximum atomic E-state index is 12.4. The molecule has 4 rings (SSSR count). The van der Waals surface area contributed by atoms with E-state index in [9.17, 15) is 14.7 Å². The normalized spacial score (nSPS) is 14.9. The van der Waals surface area contributed by atoms with Crippen LogP contribution in [0.4, 0.5) is 0 Å². The Balaban J connectivity index is 1.48. The minimum Gasteiger partial charge on any atom is -0.449 e. The van der Waals surface area contributed by atoms with E-state index in [1.54, 1.807) is 72.8 Å². The van der Waals surface area contributed by atoms with Crippen molar-refractivity contribution in [2.45, 2.75) is 54.1 Å². The third-order valence-electron chi connectivity index (χ3n) is 6.83. The van der Waals surface area contributed by atoms with Crippen LogP contribution in [-0.2, 0) is 0 Å². The number of hydrogen-bond donors (Lipinski definition) is 5. The van der Waals surface area contributed by atoms with Crippen LogP contribution in [0.3, 0.4) is 0 Å². The highest BCUT2D eigenvalue weighted by Crippen LogP contribution is 2.20. The largest absolute Gasteiger partial charge is 0.449 e. The van der Waals surface area contributed by atoms with Gasteiger partial charge in [0.05, 0.1) is 0 Å². The number of aliphatic hydroxyl groups is 1.